The van der Waals surface area contributed by atoms with Crippen molar-refractivity contribution < 1.29 is 28.2 Å². The van der Waals surface area contributed by atoms with Gasteiger partial charge in [0.05, 0.1) is 17.9 Å². The molecule has 1 heterocycles. The number of aliphatic carboxylic acids is 1. The summed E-state index contributed by atoms with van der Waals surface area (Å²) in [5.41, 5.74) is 0.704. The second-order valence-corrected chi connectivity index (χ2v) is 9.17. The van der Waals surface area contributed by atoms with E-state index in [1.54, 1.807) is 17.2 Å². The summed E-state index contributed by atoms with van der Waals surface area (Å²) >= 11 is 0. The molecule has 5 nitrogen and oxygen atoms in total. The van der Waals surface area contributed by atoms with Crippen LogP contribution in [0.25, 0.3) is 5.70 Å². The number of aldehydes is 1. The van der Waals surface area contributed by atoms with E-state index in [0.29, 0.717) is 24.0 Å². The Kier molecular flexibility index (Phi) is 6.01. The van der Waals surface area contributed by atoms with Crippen LogP contribution in [-0.4, -0.2) is 34.4 Å². The lowest BCUT2D eigenvalue weighted by Crippen LogP contribution is -2.54. The molecule has 0 amide bonds. The maximum atomic E-state index is 13.8. The lowest BCUT2D eigenvalue weighted by Gasteiger charge is -2.54. The summed E-state index contributed by atoms with van der Waals surface area (Å²) in [6.45, 7) is 6.16. The molecule has 1 spiro atoms. The van der Waals surface area contributed by atoms with Crippen LogP contribution < -0.4 is 4.74 Å². The summed E-state index contributed by atoms with van der Waals surface area (Å²) in [7, 11) is 0. The third-order valence-corrected chi connectivity index (χ3v) is 5.56. The SMILES string of the molecule is CC(C)(C)COc1cc2c(cc1C(F)F)/C(=C/C(=O)O)N(/C=C\C=O)C1(CCC1)C2. The van der Waals surface area contributed by atoms with Gasteiger partial charge >= 0.3 is 5.97 Å². The number of halogens is 2. The Labute approximate surface area is 175 Å². The Morgan fingerprint density at radius 2 is 2.03 bits per heavy atom. The van der Waals surface area contributed by atoms with Gasteiger partial charge in [0.1, 0.15) is 12.0 Å². The monoisotopic (exact) mass is 419 g/mol. The second-order valence-electron chi connectivity index (χ2n) is 9.17. The molecule has 162 valence electrons. The average molecular weight is 419 g/mol. The quantitative estimate of drug-likeness (QED) is 0.521. The topological polar surface area (TPSA) is 66.8 Å². The molecule has 0 bridgehead atoms. The van der Waals surface area contributed by atoms with Gasteiger partial charge < -0.3 is 14.7 Å². The number of carboxylic acid groups (broad SMARTS) is 1. The molecule has 1 N–H and O–H groups in total. The number of benzene rings is 1. The molecular weight excluding hydrogens is 392 g/mol. The number of fused-ring (bicyclic) bond motifs is 1. The predicted molar refractivity (Wildman–Crippen MR) is 109 cm³/mol. The van der Waals surface area contributed by atoms with Crippen molar-refractivity contribution >= 4 is 18.0 Å². The summed E-state index contributed by atoms with van der Waals surface area (Å²) in [6.07, 6.45) is 4.91. The van der Waals surface area contributed by atoms with Gasteiger partial charge in [0.2, 0.25) is 0 Å². The third kappa shape index (κ3) is 4.40. The third-order valence-electron chi connectivity index (χ3n) is 5.56. The molecule has 2 aliphatic rings. The van der Waals surface area contributed by atoms with E-state index in [4.69, 9.17) is 4.74 Å². The van der Waals surface area contributed by atoms with E-state index >= 15 is 0 Å². The first-order valence-corrected chi connectivity index (χ1v) is 10.0. The van der Waals surface area contributed by atoms with Crippen LogP contribution in [0.4, 0.5) is 8.78 Å². The Hall–Kier alpha value is -2.70. The first-order chi connectivity index (χ1) is 14.1. The minimum Gasteiger partial charge on any atom is -0.493 e. The number of carbonyl (C=O) groups is 2. The standard InChI is InChI=1S/C23H27F2NO4/c1-22(2,3)14-30-19-10-15-13-23(6-4-7-23)26(8-5-9-27)18(12-20(28)29)16(15)11-17(19)21(24)25/h5,8-12,21H,4,6-7,13-14H2,1-3H3,(H,28,29)/b8-5-,18-12-. The van der Waals surface area contributed by atoms with E-state index in [2.05, 4.69) is 0 Å². The molecule has 30 heavy (non-hydrogen) atoms. The van der Waals surface area contributed by atoms with Crippen LogP contribution in [0.5, 0.6) is 5.75 Å². The van der Waals surface area contributed by atoms with Gasteiger partial charge in [-0.15, -0.1) is 0 Å². The van der Waals surface area contributed by atoms with E-state index in [9.17, 15) is 23.5 Å². The molecule has 7 heteroatoms. The number of ether oxygens (including phenoxy) is 1. The molecule has 0 atom stereocenters. The highest BCUT2D eigenvalue weighted by Crippen LogP contribution is 2.50. The van der Waals surface area contributed by atoms with Crippen LogP contribution in [0.15, 0.2) is 30.5 Å². The number of hydrogen-bond acceptors (Lipinski definition) is 4. The molecule has 1 aromatic carbocycles. The van der Waals surface area contributed by atoms with Crippen molar-refractivity contribution in [3.63, 3.8) is 0 Å². The molecule has 0 radical (unpaired) electrons. The van der Waals surface area contributed by atoms with E-state index in [1.165, 1.54) is 12.1 Å². The summed E-state index contributed by atoms with van der Waals surface area (Å²) in [6, 6.07) is 2.97. The smallest absolute Gasteiger partial charge is 0.330 e. The van der Waals surface area contributed by atoms with Gasteiger partial charge in [-0.05, 0) is 54.9 Å². The van der Waals surface area contributed by atoms with Gasteiger partial charge in [-0.3, -0.25) is 4.79 Å². The Morgan fingerprint density at radius 3 is 2.53 bits per heavy atom. The lowest BCUT2D eigenvalue weighted by atomic mass is 9.68. The van der Waals surface area contributed by atoms with Crippen LogP contribution in [0.2, 0.25) is 0 Å². The zero-order chi connectivity index (χ0) is 22.1. The Bertz CT molecular complexity index is 895. The molecule has 1 saturated carbocycles. The Balaban J connectivity index is 2.16. The highest BCUT2D eigenvalue weighted by Gasteiger charge is 2.47. The minimum absolute atomic E-state index is 0.139. The summed E-state index contributed by atoms with van der Waals surface area (Å²) in [5.74, 6) is -1.04. The molecular formula is C23H27F2NO4. The van der Waals surface area contributed by atoms with Gasteiger partial charge in [0, 0.05) is 23.4 Å². The van der Waals surface area contributed by atoms with Crippen molar-refractivity contribution in [2.24, 2.45) is 5.41 Å². The van der Waals surface area contributed by atoms with Crippen LogP contribution >= 0.6 is 0 Å². The highest BCUT2D eigenvalue weighted by atomic mass is 19.3. The highest BCUT2D eigenvalue weighted by molar-refractivity contribution is 5.91. The molecule has 3 rings (SSSR count). The largest absolute Gasteiger partial charge is 0.493 e. The van der Waals surface area contributed by atoms with E-state index in [1.807, 2.05) is 20.8 Å². The molecule has 0 unspecified atom stereocenters. The molecule has 1 aromatic rings. The summed E-state index contributed by atoms with van der Waals surface area (Å²) in [4.78, 5) is 24.2. The van der Waals surface area contributed by atoms with Crippen LogP contribution in [0.1, 0.15) is 63.1 Å². The fourth-order valence-electron chi connectivity index (χ4n) is 4.06. The van der Waals surface area contributed by atoms with Crippen LogP contribution in [0.3, 0.4) is 0 Å². The van der Waals surface area contributed by atoms with Crippen molar-refractivity contribution in [1.29, 1.82) is 0 Å². The maximum Gasteiger partial charge on any atom is 0.330 e. The van der Waals surface area contributed by atoms with Gasteiger partial charge in [-0.25, -0.2) is 13.6 Å². The van der Waals surface area contributed by atoms with Crippen molar-refractivity contribution in [3.8, 4) is 5.75 Å². The lowest BCUT2D eigenvalue weighted by molar-refractivity contribution is -0.131. The molecule has 0 saturated heterocycles. The number of carbonyl (C=O) groups excluding carboxylic acids is 1. The summed E-state index contributed by atoms with van der Waals surface area (Å²) in [5, 5.41) is 9.43. The van der Waals surface area contributed by atoms with Gasteiger partial charge in [-0.1, -0.05) is 20.8 Å². The molecule has 1 aliphatic carbocycles. The Morgan fingerprint density at radius 1 is 1.33 bits per heavy atom. The summed E-state index contributed by atoms with van der Waals surface area (Å²) < 4.78 is 33.5. The van der Waals surface area contributed by atoms with Gasteiger partial charge in [0.15, 0.2) is 0 Å². The first kappa shape index (κ1) is 22.0. The molecule has 1 aliphatic heterocycles. The number of rotatable bonds is 6. The molecule has 1 fully saturated rings. The van der Waals surface area contributed by atoms with Crippen molar-refractivity contribution in [1.82, 2.24) is 4.90 Å². The second kappa shape index (κ2) is 8.20. The van der Waals surface area contributed by atoms with Crippen molar-refractivity contribution in [3.05, 3.63) is 47.2 Å². The van der Waals surface area contributed by atoms with Crippen LogP contribution in [-0.2, 0) is 16.0 Å². The molecule has 0 aromatic heterocycles. The predicted octanol–water partition coefficient (Wildman–Crippen LogP) is 4.97. The van der Waals surface area contributed by atoms with Crippen LogP contribution in [0, 0.1) is 5.41 Å². The fraction of sp³-hybridized carbons (Fsp3) is 0.478. The first-order valence-electron chi connectivity index (χ1n) is 10.0. The normalized spacial score (nSPS) is 19.3. The van der Waals surface area contributed by atoms with E-state index in [-0.39, 0.29) is 28.9 Å². The minimum atomic E-state index is -2.77. The number of allylic oxidation sites excluding steroid dienone is 1. The maximum absolute atomic E-state index is 13.8. The zero-order valence-electron chi connectivity index (χ0n) is 17.5. The fourth-order valence-corrected chi connectivity index (χ4v) is 4.06. The average Bonchev–Trinajstić information content (AvgIpc) is 2.61. The number of hydrogen-bond donors (Lipinski definition) is 1. The number of alkyl halides is 2. The van der Waals surface area contributed by atoms with E-state index in [0.717, 1.165) is 30.9 Å². The van der Waals surface area contributed by atoms with Gasteiger partial charge in [0.25, 0.3) is 6.43 Å². The van der Waals surface area contributed by atoms with Crippen molar-refractivity contribution in [2.75, 3.05) is 6.61 Å². The van der Waals surface area contributed by atoms with Crippen molar-refractivity contribution in [2.45, 2.75) is 58.4 Å². The van der Waals surface area contributed by atoms with Gasteiger partial charge in [-0.2, -0.15) is 0 Å². The number of nitrogens with zero attached hydrogens (tertiary/aromatic N) is 1. The number of carboxylic acids is 1. The van der Waals surface area contributed by atoms with E-state index < -0.39 is 12.4 Å². The zero-order valence-corrected chi connectivity index (χ0v) is 17.5.